The lowest BCUT2D eigenvalue weighted by Crippen LogP contribution is -2.00. The molecular weight excluding hydrogens is 425 g/mol. The molecular formula is C22H21Cl2N3O3. The molecule has 0 spiro atoms. The van der Waals surface area contributed by atoms with Gasteiger partial charge in [0.2, 0.25) is 0 Å². The van der Waals surface area contributed by atoms with E-state index >= 15 is 0 Å². The quantitative estimate of drug-likeness (QED) is 0.453. The maximum Gasteiger partial charge on any atom is 0.164 e. The van der Waals surface area contributed by atoms with E-state index in [0.29, 0.717) is 23.7 Å². The van der Waals surface area contributed by atoms with Crippen LogP contribution in [0.4, 0.5) is 5.69 Å². The molecule has 0 fully saturated rings. The zero-order valence-electron chi connectivity index (χ0n) is 16.8. The predicted molar refractivity (Wildman–Crippen MR) is 120 cm³/mol. The van der Waals surface area contributed by atoms with Crippen molar-refractivity contribution in [2.24, 2.45) is 0 Å². The number of ether oxygens (including phenoxy) is 3. The van der Waals surface area contributed by atoms with E-state index in [2.05, 4.69) is 27.4 Å². The zero-order chi connectivity index (χ0) is 21.5. The molecule has 0 unspecified atom stereocenters. The van der Waals surface area contributed by atoms with E-state index in [4.69, 9.17) is 37.4 Å². The molecule has 2 N–H and O–H groups in total. The number of anilines is 1. The molecule has 0 saturated heterocycles. The number of benzene rings is 2. The van der Waals surface area contributed by atoms with Crippen LogP contribution in [0, 0.1) is 11.8 Å². The van der Waals surface area contributed by atoms with E-state index in [1.807, 2.05) is 37.3 Å². The van der Waals surface area contributed by atoms with Crippen molar-refractivity contribution in [3.8, 4) is 40.3 Å². The SMILES string of the molecule is CC#CCNc1ccccc1-c1cc(COc2c(Cl)c(OC)cc(OC)c2Cl)n[nH]1. The van der Waals surface area contributed by atoms with Crippen molar-refractivity contribution in [2.75, 3.05) is 26.1 Å². The summed E-state index contributed by atoms with van der Waals surface area (Å²) in [4.78, 5) is 0. The van der Waals surface area contributed by atoms with Gasteiger partial charge in [0.25, 0.3) is 0 Å². The van der Waals surface area contributed by atoms with Crippen molar-refractivity contribution in [3.63, 3.8) is 0 Å². The van der Waals surface area contributed by atoms with Crippen molar-refractivity contribution in [2.45, 2.75) is 13.5 Å². The Labute approximate surface area is 185 Å². The van der Waals surface area contributed by atoms with Crippen LogP contribution >= 0.6 is 23.2 Å². The van der Waals surface area contributed by atoms with Crippen LogP contribution in [-0.4, -0.2) is 31.0 Å². The summed E-state index contributed by atoms with van der Waals surface area (Å²) in [5.74, 6) is 6.96. The van der Waals surface area contributed by atoms with Crippen molar-refractivity contribution >= 4 is 28.9 Å². The topological polar surface area (TPSA) is 68.4 Å². The lowest BCUT2D eigenvalue weighted by atomic mass is 10.1. The maximum absolute atomic E-state index is 6.35. The van der Waals surface area contributed by atoms with Gasteiger partial charge in [-0.3, -0.25) is 5.10 Å². The molecule has 0 saturated carbocycles. The summed E-state index contributed by atoms with van der Waals surface area (Å²) in [6.07, 6.45) is 0. The summed E-state index contributed by atoms with van der Waals surface area (Å²) in [5.41, 5.74) is 3.47. The standard InChI is InChI=1S/C22H21Cl2N3O3/c1-4-5-10-25-16-9-7-6-8-15(16)17-11-14(26-27-17)13-30-22-20(23)18(28-2)12-19(29-3)21(22)24/h6-9,11-12,25H,10,13H2,1-3H3,(H,26,27). The van der Waals surface area contributed by atoms with Gasteiger partial charge in [0.1, 0.15) is 33.8 Å². The third kappa shape index (κ3) is 4.76. The van der Waals surface area contributed by atoms with E-state index in [1.165, 1.54) is 14.2 Å². The summed E-state index contributed by atoms with van der Waals surface area (Å²) in [7, 11) is 3.02. The number of aromatic nitrogens is 2. The van der Waals surface area contributed by atoms with Crippen LogP contribution in [0.1, 0.15) is 12.6 Å². The van der Waals surface area contributed by atoms with Crippen LogP contribution in [0.15, 0.2) is 36.4 Å². The lowest BCUT2D eigenvalue weighted by Gasteiger charge is -2.14. The molecule has 3 rings (SSSR count). The Morgan fingerprint density at radius 1 is 1.07 bits per heavy atom. The first kappa shape index (κ1) is 21.7. The number of rotatable bonds is 8. The van der Waals surface area contributed by atoms with Crippen LogP contribution < -0.4 is 19.5 Å². The Bertz CT molecular complexity index is 1060. The van der Waals surface area contributed by atoms with Crippen molar-refractivity contribution in [3.05, 3.63) is 52.1 Å². The molecule has 0 aliphatic heterocycles. The number of hydrogen-bond donors (Lipinski definition) is 2. The van der Waals surface area contributed by atoms with Gasteiger partial charge in [-0.05, 0) is 19.1 Å². The fourth-order valence-corrected chi connectivity index (χ4v) is 3.42. The first-order valence-electron chi connectivity index (χ1n) is 9.09. The van der Waals surface area contributed by atoms with Crippen LogP contribution in [0.25, 0.3) is 11.3 Å². The molecule has 8 heteroatoms. The third-order valence-electron chi connectivity index (χ3n) is 4.29. The third-order valence-corrected chi connectivity index (χ3v) is 5.01. The Kier molecular flexibility index (Phi) is 7.34. The predicted octanol–water partition coefficient (Wildman–Crippen LogP) is 5.41. The van der Waals surface area contributed by atoms with Gasteiger partial charge < -0.3 is 19.5 Å². The summed E-state index contributed by atoms with van der Waals surface area (Å²) in [6, 6.07) is 11.4. The largest absolute Gasteiger partial charge is 0.495 e. The first-order chi connectivity index (χ1) is 14.6. The monoisotopic (exact) mass is 445 g/mol. The Morgan fingerprint density at radius 3 is 2.43 bits per heavy atom. The second kappa shape index (κ2) is 10.1. The fourth-order valence-electron chi connectivity index (χ4n) is 2.81. The highest BCUT2D eigenvalue weighted by Gasteiger charge is 2.19. The van der Waals surface area contributed by atoms with E-state index < -0.39 is 0 Å². The molecule has 1 aromatic heterocycles. The van der Waals surface area contributed by atoms with E-state index in [0.717, 1.165) is 16.9 Å². The molecule has 2 aromatic carbocycles. The number of nitrogens with one attached hydrogen (secondary N) is 2. The van der Waals surface area contributed by atoms with Crippen LogP contribution in [-0.2, 0) is 6.61 Å². The van der Waals surface area contributed by atoms with Gasteiger partial charge in [0.15, 0.2) is 5.75 Å². The zero-order valence-corrected chi connectivity index (χ0v) is 18.3. The first-order valence-corrected chi connectivity index (χ1v) is 9.84. The summed E-state index contributed by atoms with van der Waals surface area (Å²) in [6.45, 7) is 2.53. The summed E-state index contributed by atoms with van der Waals surface area (Å²) >= 11 is 12.7. The normalized spacial score (nSPS) is 10.2. The van der Waals surface area contributed by atoms with E-state index in [1.54, 1.807) is 6.07 Å². The molecule has 0 aliphatic rings. The fraction of sp³-hybridized carbons (Fsp3) is 0.227. The van der Waals surface area contributed by atoms with Crippen molar-refractivity contribution in [1.82, 2.24) is 10.2 Å². The number of halogens is 2. The molecule has 0 amide bonds. The average molecular weight is 446 g/mol. The number of nitrogens with zero attached hydrogens (tertiary/aromatic N) is 1. The highest BCUT2D eigenvalue weighted by Crippen LogP contribution is 2.46. The van der Waals surface area contributed by atoms with Gasteiger partial charge in [0.05, 0.1) is 26.5 Å². The molecule has 0 atom stereocenters. The molecule has 0 aliphatic carbocycles. The Morgan fingerprint density at radius 2 is 1.77 bits per heavy atom. The minimum Gasteiger partial charge on any atom is -0.495 e. The van der Waals surface area contributed by atoms with E-state index in [9.17, 15) is 0 Å². The highest BCUT2D eigenvalue weighted by molar-refractivity contribution is 6.39. The molecule has 1 heterocycles. The smallest absolute Gasteiger partial charge is 0.164 e. The number of aromatic amines is 1. The molecule has 0 radical (unpaired) electrons. The summed E-state index contributed by atoms with van der Waals surface area (Å²) < 4.78 is 16.4. The second-order valence-electron chi connectivity index (χ2n) is 6.13. The maximum atomic E-state index is 6.35. The van der Waals surface area contributed by atoms with E-state index in [-0.39, 0.29) is 22.4 Å². The van der Waals surface area contributed by atoms with Gasteiger partial charge >= 0.3 is 0 Å². The second-order valence-corrected chi connectivity index (χ2v) is 6.88. The van der Waals surface area contributed by atoms with Crippen LogP contribution in [0.2, 0.25) is 10.0 Å². The Hall–Kier alpha value is -3.01. The molecule has 0 bridgehead atoms. The van der Waals surface area contributed by atoms with Gasteiger partial charge in [-0.15, -0.1) is 5.92 Å². The minimum atomic E-state index is 0.156. The Balaban J connectivity index is 1.80. The van der Waals surface area contributed by atoms with Crippen LogP contribution in [0.5, 0.6) is 17.2 Å². The lowest BCUT2D eigenvalue weighted by molar-refractivity contribution is 0.296. The number of methoxy groups -OCH3 is 2. The number of para-hydroxylation sites is 1. The average Bonchev–Trinajstić information content (AvgIpc) is 3.23. The summed E-state index contributed by atoms with van der Waals surface area (Å²) in [5, 5.41) is 11.2. The number of hydrogen-bond acceptors (Lipinski definition) is 5. The minimum absolute atomic E-state index is 0.156. The molecule has 156 valence electrons. The van der Waals surface area contributed by atoms with Gasteiger partial charge in [0, 0.05) is 17.3 Å². The molecule has 3 aromatic rings. The van der Waals surface area contributed by atoms with Gasteiger partial charge in [-0.1, -0.05) is 47.3 Å². The molecule has 30 heavy (non-hydrogen) atoms. The van der Waals surface area contributed by atoms with Crippen molar-refractivity contribution < 1.29 is 14.2 Å². The molecule has 6 nitrogen and oxygen atoms in total. The highest BCUT2D eigenvalue weighted by atomic mass is 35.5. The van der Waals surface area contributed by atoms with Crippen LogP contribution in [0.3, 0.4) is 0 Å². The number of H-pyrrole nitrogens is 1. The van der Waals surface area contributed by atoms with Gasteiger partial charge in [-0.2, -0.15) is 5.10 Å². The van der Waals surface area contributed by atoms with Crippen molar-refractivity contribution in [1.29, 1.82) is 0 Å². The van der Waals surface area contributed by atoms with Gasteiger partial charge in [-0.25, -0.2) is 0 Å².